The van der Waals surface area contributed by atoms with Crippen LogP contribution in [0.2, 0.25) is 5.02 Å². The van der Waals surface area contributed by atoms with E-state index < -0.39 is 11.7 Å². The Bertz CT molecular complexity index is 726. The Morgan fingerprint density at radius 2 is 2.04 bits per heavy atom. The summed E-state index contributed by atoms with van der Waals surface area (Å²) in [6.07, 6.45) is -2.72. The van der Waals surface area contributed by atoms with Gasteiger partial charge in [0.05, 0.1) is 27.7 Å². The largest absolute Gasteiger partial charge is 0.416 e. The lowest BCUT2D eigenvalue weighted by molar-refractivity contribution is -0.137. The number of alkyl halides is 3. The predicted molar refractivity (Wildman–Crippen MR) is 88.8 cm³/mol. The first-order valence-corrected chi connectivity index (χ1v) is 7.18. The van der Waals surface area contributed by atoms with Crippen LogP contribution in [0, 0.1) is 0 Å². The molecule has 1 aromatic heterocycles. The van der Waals surface area contributed by atoms with Crippen LogP contribution in [-0.4, -0.2) is 15.8 Å². The molecule has 23 heavy (non-hydrogen) atoms. The second kappa shape index (κ2) is 7.01. The van der Waals surface area contributed by atoms with E-state index in [1.807, 2.05) is 12.1 Å². The first-order chi connectivity index (χ1) is 10.8. The number of benzene rings is 1. The van der Waals surface area contributed by atoms with Gasteiger partial charge in [-0.3, -0.25) is 5.43 Å². The van der Waals surface area contributed by atoms with Gasteiger partial charge < -0.3 is 10.3 Å². The van der Waals surface area contributed by atoms with E-state index in [9.17, 15) is 13.2 Å². The highest BCUT2D eigenvalue weighted by molar-refractivity contribution is 7.80. The molecular weight excluding hydrogens is 349 g/mol. The van der Waals surface area contributed by atoms with E-state index in [0.717, 1.165) is 23.9 Å². The van der Waals surface area contributed by atoms with Crippen LogP contribution in [0.5, 0.6) is 0 Å². The van der Waals surface area contributed by atoms with Crippen LogP contribution in [0.4, 0.5) is 18.9 Å². The number of H-pyrrole nitrogens is 1. The molecule has 1 heterocycles. The number of anilines is 1. The van der Waals surface area contributed by atoms with Gasteiger partial charge in [0.1, 0.15) is 0 Å². The lowest BCUT2D eigenvalue weighted by atomic mass is 10.2. The Hall–Kier alpha value is -2.06. The summed E-state index contributed by atoms with van der Waals surface area (Å²) in [5.41, 5.74) is 3.20. The van der Waals surface area contributed by atoms with E-state index in [-0.39, 0.29) is 15.8 Å². The zero-order valence-electron chi connectivity index (χ0n) is 11.8. The van der Waals surface area contributed by atoms with Crippen molar-refractivity contribution in [3.05, 3.63) is 52.8 Å². The fourth-order valence-corrected chi connectivity index (χ4v) is 2.02. The highest BCUT2D eigenvalue weighted by Crippen LogP contribution is 2.33. The van der Waals surface area contributed by atoms with Crippen LogP contribution in [0.25, 0.3) is 0 Å². The molecule has 1 aromatic carbocycles. The fourth-order valence-electron chi connectivity index (χ4n) is 1.70. The van der Waals surface area contributed by atoms with Crippen molar-refractivity contribution in [1.82, 2.24) is 10.4 Å². The fraction of sp³-hybridized carbons (Fsp3) is 0.143. The first-order valence-electron chi connectivity index (χ1n) is 6.39. The number of nitrogens with one attached hydrogen (secondary N) is 3. The van der Waals surface area contributed by atoms with Crippen molar-refractivity contribution in [2.45, 2.75) is 13.1 Å². The molecule has 122 valence electrons. The maximum atomic E-state index is 12.7. The first kappa shape index (κ1) is 17.3. The normalized spacial score (nSPS) is 12.1. The van der Waals surface area contributed by atoms with Crippen LogP contribution in [0.3, 0.4) is 0 Å². The molecule has 0 saturated heterocycles. The maximum Gasteiger partial charge on any atom is 0.416 e. The second-order valence-corrected chi connectivity index (χ2v) is 5.35. The zero-order valence-corrected chi connectivity index (χ0v) is 13.4. The van der Waals surface area contributed by atoms with E-state index in [2.05, 4.69) is 20.8 Å². The number of nitrogens with zero attached hydrogens (tertiary/aromatic N) is 1. The molecule has 0 amide bonds. The smallest absolute Gasteiger partial charge is 0.360 e. The maximum absolute atomic E-state index is 12.7. The van der Waals surface area contributed by atoms with Crippen molar-refractivity contribution in [3.8, 4) is 0 Å². The number of aromatic nitrogens is 1. The molecule has 0 radical (unpaired) electrons. The molecule has 4 nitrogen and oxygen atoms in total. The summed E-state index contributed by atoms with van der Waals surface area (Å²) in [4.78, 5) is 2.96. The third-order valence-electron chi connectivity index (χ3n) is 2.85. The van der Waals surface area contributed by atoms with Gasteiger partial charge in [-0.1, -0.05) is 11.6 Å². The Balaban J connectivity index is 2.07. The van der Waals surface area contributed by atoms with Crippen molar-refractivity contribution >= 4 is 40.3 Å². The molecule has 9 heteroatoms. The van der Waals surface area contributed by atoms with Gasteiger partial charge in [0.25, 0.3) is 0 Å². The number of rotatable bonds is 3. The molecule has 0 aliphatic carbocycles. The van der Waals surface area contributed by atoms with Gasteiger partial charge in [0, 0.05) is 6.20 Å². The van der Waals surface area contributed by atoms with Gasteiger partial charge in [-0.25, -0.2) is 0 Å². The minimum atomic E-state index is -4.46. The molecule has 0 fully saturated rings. The molecule has 0 saturated carbocycles. The highest BCUT2D eigenvalue weighted by Gasteiger charge is 2.31. The van der Waals surface area contributed by atoms with E-state index in [4.69, 9.17) is 23.8 Å². The predicted octanol–water partition coefficient (Wildman–Crippen LogP) is 4.40. The van der Waals surface area contributed by atoms with E-state index in [0.29, 0.717) is 5.71 Å². The minimum Gasteiger partial charge on any atom is -0.360 e. The van der Waals surface area contributed by atoms with Crippen molar-refractivity contribution in [2.24, 2.45) is 5.10 Å². The molecule has 2 aromatic rings. The van der Waals surface area contributed by atoms with Gasteiger partial charge in [-0.15, -0.1) is 0 Å². The topological polar surface area (TPSA) is 52.2 Å². The van der Waals surface area contributed by atoms with Crippen LogP contribution in [0.1, 0.15) is 18.2 Å². The third kappa shape index (κ3) is 4.70. The number of hydrogen-bond donors (Lipinski definition) is 3. The van der Waals surface area contributed by atoms with Gasteiger partial charge in [0.15, 0.2) is 5.11 Å². The lowest BCUT2D eigenvalue weighted by Crippen LogP contribution is -2.25. The monoisotopic (exact) mass is 360 g/mol. The summed E-state index contributed by atoms with van der Waals surface area (Å²) in [5, 5.41) is 6.77. The van der Waals surface area contributed by atoms with E-state index in [1.54, 1.807) is 13.1 Å². The highest BCUT2D eigenvalue weighted by atomic mass is 35.5. The lowest BCUT2D eigenvalue weighted by Gasteiger charge is -2.12. The summed E-state index contributed by atoms with van der Waals surface area (Å²) < 4.78 is 38.1. The van der Waals surface area contributed by atoms with E-state index >= 15 is 0 Å². The van der Waals surface area contributed by atoms with Gasteiger partial charge in [-0.05, 0) is 49.5 Å². The average Bonchev–Trinajstić information content (AvgIpc) is 3.00. The van der Waals surface area contributed by atoms with E-state index in [1.165, 1.54) is 0 Å². The summed E-state index contributed by atoms with van der Waals surface area (Å²) in [7, 11) is 0. The number of hydrazone groups is 1. The summed E-state index contributed by atoms with van der Waals surface area (Å²) in [6, 6.07) is 6.58. The summed E-state index contributed by atoms with van der Waals surface area (Å²) in [6.45, 7) is 1.75. The number of thiocarbonyl (C=S) groups is 1. The van der Waals surface area contributed by atoms with Crippen molar-refractivity contribution in [3.63, 3.8) is 0 Å². The van der Waals surface area contributed by atoms with Crippen molar-refractivity contribution in [1.29, 1.82) is 0 Å². The average molecular weight is 361 g/mol. The number of halogens is 4. The molecule has 0 bridgehead atoms. The molecular formula is C14H12ClF3N4S. The molecule has 0 unspecified atom stereocenters. The van der Waals surface area contributed by atoms with Crippen LogP contribution < -0.4 is 10.7 Å². The van der Waals surface area contributed by atoms with Gasteiger partial charge in [0.2, 0.25) is 0 Å². The van der Waals surface area contributed by atoms with Crippen molar-refractivity contribution < 1.29 is 13.2 Å². The standard InChI is InChI=1S/C14H12ClF3N4S/c1-8(11-3-2-6-19-11)21-22-13(23)20-12-7-9(14(16,17)18)4-5-10(12)15/h2-7,19H,1H3,(H2,20,22,23)/b21-8+. The SMILES string of the molecule is C/C(=N\NC(=S)Nc1cc(C(F)(F)F)ccc1Cl)c1ccc[nH]1. The Morgan fingerprint density at radius 3 is 2.65 bits per heavy atom. The van der Waals surface area contributed by atoms with Crippen LogP contribution >= 0.6 is 23.8 Å². The molecule has 0 spiro atoms. The molecule has 0 aliphatic heterocycles. The summed E-state index contributed by atoms with van der Waals surface area (Å²) in [5.74, 6) is 0. The third-order valence-corrected chi connectivity index (χ3v) is 3.38. The quantitative estimate of drug-likeness (QED) is 0.432. The molecule has 3 N–H and O–H groups in total. The molecule has 0 aliphatic rings. The molecule has 2 rings (SSSR count). The molecule has 0 atom stereocenters. The Morgan fingerprint density at radius 1 is 1.30 bits per heavy atom. The Kier molecular flexibility index (Phi) is 5.27. The van der Waals surface area contributed by atoms with Crippen LogP contribution in [0.15, 0.2) is 41.6 Å². The number of aromatic amines is 1. The number of hydrogen-bond acceptors (Lipinski definition) is 2. The Labute approximate surface area is 140 Å². The van der Waals surface area contributed by atoms with Gasteiger partial charge in [-0.2, -0.15) is 18.3 Å². The second-order valence-electron chi connectivity index (χ2n) is 4.54. The van der Waals surface area contributed by atoms with Crippen LogP contribution in [-0.2, 0) is 6.18 Å². The van der Waals surface area contributed by atoms with Gasteiger partial charge >= 0.3 is 6.18 Å². The summed E-state index contributed by atoms with van der Waals surface area (Å²) >= 11 is 10.9. The minimum absolute atomic E-state index is 0.0251. The zero-order chi connectivity index (χ0) is 17.0. The van der Waals surface area contributed by atoms with Crippen molar-refractivity contribution in [2.75, 3.05) is 5.32 Å².